The van der Waals surface area contributed by atoms with Crippen LogP contribution in [0.2, 0.25) is 0 Å². The number of halogens is 5. The molecule has 3 aromatic carbocycles. The Balaban J connectivity index is 1.79. The van der Waals surface area contributed by atoms with E-state index in [0.29, 0.717) is 11.6 Å². The smallest absolute Gasteiger partial charge is 0.326 e. The first kappa shape index (κ1) is 23.2. The Morgan fingerprint density at radius 2 is 1.56 bits per heavy atom. The van der Waals surface area contributed by atoms with E-state index >= 15 is 0 Å². The van der Waals surface area contributed by atoms with Crippen molar-refractivity contribution < 1.29 is 35.2 Å². The zero-order valence-electron chi connectivity index (χ0n) is 16.1. The highest BCUT2D eigenvalue weighted by molar-refractivity contribution is 7.92. The summed E-state index contributed by atoms with van der Waals surface area (Å²) in [6.07, 6.45) is -4.84. The molecule has 0 aliphatic heterocycles. The van der Waals surface area contributed by atoms with Gasteiger partial charge in [0.15, 0.2) is 0 Å². The number of rotatable bonds is 6. The van der Waals surface area contributed by atoms with Crippen LogP contribution in [0.1, 0.15) is 11.1 Å². The van der Waals surface area contributed by atoms with Crippen LogP contribution in [0.5, 0.6) is 0 Å². The van der Waals surface area contributed by atoms with E-state index in [2.05, 4.69) is 5.32 Å². The van der Waals surface area contributed by atoms with Gasteiger partial charge in [0.05, 0.1) is 12.0 Å². The van der Waals surface area contributed by atoms with Gasteiger partial charge < -0.3 is 5.32 Å². The van der Waals surface area contributed by atoms with Crippen LogP contribution in [-0.2, 0) is 27.4 Å². The lowest BCUT2D eigenvalue weighted by molar-refractivity contribution is -0.137. The zero-order chi connectivity index (χ0) is 23.5. The van der Waals surface area contributed by atoms with Crippen molar-refractivity contribution in [2.45, 2.75) is 17.5 Å². The fourth-order valence-electron chi connectivity index (χ4n) is 2.75. The Kier molecular flexibility index (Phi) is 6.49. The fraction of sp³-hybridized carbons (Fsp3) is 0.0952. The Morgan fingerprint density at radius 1 is 0.875 bits per heavy atom. The van der Waals surface area contributed by atoms with Crippen LogP contribution in [0.25, 0.3) is 0 Å². The number of benzene rings is 3. The van der Waals surface area contributed by atoms with Gasteiger partial charge in [0.25, 0.3) is 10.0 Å². The molecule has 3 rings (SSSR count). The number of nitrogens with one attached hydrogen (secondary N) is 2. The average Bonchev–Trinajstić information content (AvgIpc) is 2.70. The molecule has 0 aliphatic rings. The van der Waals surface area contributed by atoms with Crippen LogP contribution in [0.15, 0.2) is 71.6 Å². The molecule has 3 aromatic rings. The van der Waals surface area contributed by atoms with Gasteiger partial charge in [-0.1, -0.05) is 18.2 Å². The molecule has 0 radical (unpaired) electrons. The Bertz CT molecular complexity index is 1240. The Morgan fingerprint density at radius 3 is 2.22 bits per heavy atom. The molecule has 0 heterocycles. The monoisotopic (exact) mass is 470 g/mol. The maximum atomic E-state index is 14.2. The van der Waals surface area contributed by atoms with Gasteiger partial charge in [-0.05, 0) is 54.1 Å². The molecule has 5 nitrogen and oxygen atoms in total. The van der Waals surface area contributed by atoms with Gasteiger partial charge in [-0.2, -0.15) is 13.2 Å². The Hall–Kier alpha value is -3.47. The van der Waals surface area contributed by atoms with Crippen LogP contribution in [-0.4, -0.2) is 14.3 Å². The molecule has 0 aliphatic carbocycles. The molecule has 0 bridgehead atoms. The van der Waals surface area contributed by atoms with E-state index in [1.165, 1.54) is 24.3 Å². The minimum atomic E-state index is -4.69. The Labute approximate surface area is 179 Å². The third-order valence-electron chi connectivity index (χ3n) is 4.22. The molecule has 0 saturated heterocycles. The standard InChI is InChI=1S/C21H15F5N2O3S/c22-15-6-4-13(5-7-15)10-20(29)27-16-8-9-18(23)19(12-16)32(30,31)28-17-3-1-2-14(11-17)21(24,25)26/h1-9,11-12,28H,10H2,(H,27,29). The van der Waals surface area contributed by atoms with Crippen molar-refractivity contribution >= 4 is 27.3 Å². The summed E-state index contributed by atoms with van der Waals surface area (Å²) in [5.74, 6) is -2.21. The summed E-state index contributed by atoms with van der Waals surface area (Å²) in [5.41, 5.74) is -1.06. The number of sulfonamides is 1. The third-order valence-corrected chi connectivity index (χ3v) is 5.62. The highest BCUT2D eigenvalue weighted by Crippen LogP contribution is 2.31. The van der Waals surface area contributed by atoms with Crippen molar-refractivity contribution in [3.8, 4) is 0 Å². The maximum Gasteiger partial charge on any atom is 0.416 e. The predicted molar refractivity (Wildman–Crippen MR) is 107 cm³/mol. The van der Waals surface area contributed by atoms with Crippen molar-refractivity contribution in [3.05, 3.63) is 89.5 Å². The molecule has 0 saturated carbocycles. The van der Waals surface area contributed by atoms with E-state index in [1.807, 2.05) is 4.72 Å². The summed E-state index contributed by atoms with van der Waals surface area (Å²) in [6.45, 7) is 0. The second-order valence-corrected chi connectivity index (χ2v) is 8.33. The number of hydrogen-bond donors (Lipinski definition) is 2. The summed E-state index contributed by atoms with van der Waals surface area (Å²) in [5, 5.41) is 2.40. The van der Waals surface area contributed by atoms with E-state index in [-0.39, 0.29) is 12.1 Å². The first-order valence-corrected chi connectivity index (χ1v) is 10.5. The molecular weight excluding hydrogens is 455 g/mol. The van der Waals surface area contributed by atoms with Gasteiger partial charge in [-0.15, -0.1) is 0 Å². The number of alkyl halides is 3. The number of anilines is 2. The van der Waals surface area contributed by atoms with Crippen molar-refractivity contribution in [3.63, 3.8) is 0 Å². The normalized spacial score (nSPS) is 11.8. The summed E-state index contributed by atoms with van der Waals surface area (Å²) in [4.78, 5) is 11.3. The molecule has 168 valence electrons. The first-order valence-electron chi connectivity index (χ1n) is 8.98. The van der Waals surface area contributed by atoms with Crippen LogP contribution >= 0.6 is 0 Å². The molecule has 0 fully saturated rings. The molecule has 2 N–H and O–H groups in total. The van der Waals surface area contributed by atoms with Gasteiger partial charge in [-0.3, -0.25) is 9.52 Å². The number of hydrogen-bond acceptors (Lipinski definition) is 3. The summed E-state index contributed by atoms with van der Waals surface area (Å²) in [6, 6.07) is 11.3. The van der Waals surface area contributed by atoms with E-state index in [9.17, 15) is 35.2 Å². The molecule has 0 spiro atoms. The van der Waals surface area contributed by atoms with Gasteiger partial charge in [0.2, 0.25) is 5.91 Å². The quantitative estimate of drug-likeness (QED) is 0.500. The number of amides is 1. The number of carbonyl (C=O) groups is 1. The SMILES string of the molecule is O=C(Cc1ccc(F)cc1)Nc1ccc(F)c(S(=O)(=O)Nc2cccc(C(F)(F)F)c2)c1. The molecule has 0 atom stereocenters. The second kappa shape index (κ2) is 8.95. The van der Waals surface area contributed by atoms with Gasteiger partial charge in [0.1, 0.15) is 16.5 Å². The van der Waals surface area contributed by atoms with Crippen LogP contribution in [0, 0.1) is 11.6 Å². The van der Waals surface area contributed by atoms with Gasteiger partial charge >= 0.3 is 6.18 Å². The summed E-state index contributed by atoms with van der Waals surface area (Å²) < 4.78 is 92.7. The highest BCUT2D eigenvalue weighted by atomic mass is 32.2. The third kappa shape index (κ3) is 5.82. The topological polar surface area (TPSA) is 75.3 Å². The summed E-state index contributed by atoms with van der Waals surface area (Å²) in [7, 11) is -4.61. The van der Waals surface area contributed by atoms with E-state index in [0.717, 1.165) is 36.4 Å². The minimum absolute atomic E-state index is 0.0528. The second-order valence-electron chi connectivity index (χ2n) is 6.68. The number of carbonyl (C=O) groups excluding carboxylic acids is 1. The average molecular weight is 470 g/mol. The predicted octanol–water partition coefficient (Wildman–Crippen LogP) is 4.97. The minimum Gasteiger partial charge on any atom is -0.326 e. The fourth-order valence-corrected chi connectivity index (χ4v) is 3.90. The lowest BCUT2D eigenvalue weighted by atomic mass is 10.1. The molecule has 11 heteroatoms. The van der Waals surface area contributed by atoms with Crippen LogP contribution in [0.3, 0.4) is 0 Å². The van der Waals surface area contributed by atoms with E-state index < -0.39 is 49.9 Å². The highest BCUT2D eigenvalue weighted by Gasteiger charge is 2.31. The first-order chi connectivity index (χ1) is 14.9. The van der Waals surface area contributed by atoms with Crippen LogP contribution in [0.4, 0.5) is 33.3 Å². The molecule has 1 amide bonds. The van der Waals surface area contributed by atoms with Crippen molar-refractivity contribution in [1.82, 2.24) is 0 Å². The zero-order valence-corrected chi connectivity index (χ0v) is 16.9. The lowest BCUT2D eigenvalue weighted by Gasteiger charge is -2.13. The van der Waals surface area contributed by atoms with Crippen molar-refractivity contribution in [2.75, 3.05) is 10.0 Å². The molecule has 0 aromatic heterocycles. The lowest BCUT2D eigenvalue weighted by Crippen LogP contribution is -2.17. The molecular formula is C21H15F5N2O3S. The summed E-state index contributed by atoms with van der Waals surface area (Å²) >= 11 is 0. The maximum absolute atomic E-state index is 14.2. The van der Waals surface area contributed by atoms with Crippen LogP contribution < -0.4 is 10.0 Å². The largest absolute Gasteiger partial charge is 0.416 e. The van der Waals surface area contributed by atoms with Crippen molar-refractivity contribution in [1.29, 1.82) is 0 Å². The molecule has 0 unspecified atom stereocenters. The van der Waals surface area contributed by atoms with Gasteiger partial charge in [0, 0.05) is 11.4 Å². The van der Waals surface area contributed by atoms with E-state index in [1.54, 1.807) is 0 Å². The van der Waals surface area contributed by atoms with E-state index in [4.69, 9.17) is 0 Å². The van der Waals surface area contributed by atoms with Crippen molar-refractivity contribution in [2.24, 2.45) is 0 Å². The molecule has 32 heavy (non-hydrogen) atoms. The van der Waals surface area contributed by atoms with Gasteiger partial charge in [-0.25, -0.2) is 17.2 Å².